The number of aliphatic hydroxyl groups is 1. The summed E-state index contributed by atoms with van der Waals surface area (Å²) in [5.74, 6) is 0.333. The summed E-state index contributed by atoms with van der Waals surface area (Å²) in [6.45, 7) is 6.48. The first kappa shape index (κ1) is 12.5. The monoisotopic (exact) mass is 214 g/mol. The number of nitrogens with two attached hydrogens (primary N) is 1. The van der Waals surface area contributed by atoms with E-state index in [9.17, 15) is 4.79 Å². The number of aliphatic hydroxyl groups excluding tert-OH is 1. The van der Waals surface area contributed by atoms with Gasteiger partial charge in [0.05, 0.1) is 12.1 Å². The van der Waals surface area contributed by atoms with Crippen LogP contribution in [0.3, 0.4) is 0 Å². The molecule has 1 aliphatic carbocycles. The quantitative estimate of drug-likeness (QED) is 0.630. The summed E-state index contributed by atoms with van der Waals surface area (Å²) in [6.07, 6.45) is 1.43. The van der Waals surface area contributed by atoms with Crippen molar-refractivity contribution < 1.29 is 9.90 Å². The molecule has 1 amide bonds. The average molecular weight is 214 g/mol. The van der Waals surface area contributed by atoms with E-state index in [1.165, 1.54) is 0 Å². The molecule has 0 aliphatic heterocycles. The molecule has 0 unspecified atom stereocenters. The Balaban J connectivity index is 2.24. The Morgan fingerprint density at radius 1 is 1.53 bits per heavy atom. The molecule has 0 spiro atoms. The highest BCUT2D eigenvalue weighted by molar-refractivity contribution is 5.82. The number of hydrogen-bond donors (Lipinski definition) is 3. The fourth-order valence-corrected chi connectivity index (χ4v) is 1.62. The van der Waals surface area contributed by atoms with Gasteiger partial charge in [0, 0.05) is 6.54 Å². The first-order chi connectivity index (χ1) is 6.80. The van der Waals surface area contributed by atoms with Gasteiger partial charge in [-0.15, -0.1) is 0 Å². The first-order valence-corrected chi connectivity index (χ1v) is 5.52. The van der Waals surface area contributed by atoms with Crippen molar-refractivity contribution in [3.63, 3.8) is 0 Å². The topological polar surface area (TPSA) is 75.4 Å². The van der Waals surface area contributed by atoms with E-state index in [0.717, 1.165) is 12.8 Å². The molecule has 0 heterocycles. The second-order valence-electron chi connectivity index (χ2n) is 5.58. The molecule has 0 aromatic rings. The number of nitrogens with one attached hydrogen (secondary N) is 1. The minimum absolute atomic E-state index is 0.0936. The molecule has 4 N–H and O–H groups in total. The second kappa shape index (κ2) is 4.49. The Hall–Kier alpha value is -0.610. The van der Waals surface area contributed by atoms with Crippen LogP contribution in [0.5, 0.6) is 0 Å². The van der Waals surface area contributed by atoms with Crippen molar-refractivity contribution in [1.82, 2.24) is 5.32 Å². The highest BCUT2D eigenvalue weighted by atomic mass is 16.3. The largest absolute Gasteiger partial charge is 0.393 e. The van der Waals surface area contributed by atoms with Crippen LogP contribution in [0.1, 0.15) is 33.6 Å². The van der Waals surface area contributed by atoms with Crippen LogP contribution in [0, 0.1) is 11.3 Å². The molecular weight excluding hydrogens is 192 g/mol. The van der Waals surface area contributed by atoms with Gasteiger partial charge in [0.25, 0.3) is 0 Å². The van der Waals surface area contributed by atoms with Gasteiger partial charge in [-0.25, -0.2) is 0 Å². The molecular formula is C11H22N2O2. The van der Waals surface area contributed by atoms with Gasteiger partial charge in [0.2, 0.25) is 5.91 Å². The number of carbonyl (C=O) groups is 1. The van der Waals surface area contributed by atoms with Gasteiger partial charge >= 0.3 is 0 Å². The van der Waals surface area contributed by atoms with Gasteiger partial charge in [-0.05, 0) is 24.2 Å². The van der Waals surface area contributed by atoms with Crippen molar-refractivity contribution in [3.8, 4) is 0 Å². The maximum atomic E-state index is 11.6. The lowest BCUT2D eigenvalue weighted by molar-refractivity contribution is -0.125. The van der Waals surface area contributed by atoms with Crippen LogP contribution in [0.15, 0.2) is 0 Å². The van der Waals surface area contributed by atoms with E-state index in [1.54, 1.807) is 0 Å². The van der Waals surface area contributed by atoms with E-state index in [1.807, 2.05) is 20.8 Å². The van der Waals surface area contributed by atoms with Gasteiger partial charge < -0.3 is 16.2 Å². The molecule has 1 fully saturated rings. The SMILES string of the molecule is CC(C)(C)[C@@H](N)C(=O)NCC1CC(O)C1. The summed E-state index contributed by atoms with van der Waals surface area (Å²) >= 11 is 0. The third-order valence-electron chi connectivity index (χ3n) is 2.99. The fourth-order valence-electron chi connectivity index (χ4n) is 1.62. The maximum absolute atomic E-state index is 11.6. The van der Waals surface area contributed by atoms with Crippen molar-refractivity contribution in [2.24, 2.45) is 17.1 Å². The second-order valence-corrected chi connectivity index (χ2v) is 5.58. The van der Waals surface area contributed by atoms with Crippen LogP contribution in [-0.2, 0) is 4.79 Å². The highest BCUT2D eigenvalue weighted by Crippen LogP contribution is 2.26. The van der Waals surface area contributed by atoms with Crippen LogP contribution in [0.25, 0.3) is 0 Å². The summed E-state index contributed by atoms with van der Waals surface area (Å²) in [7, 11) is 0. The smallest absolute Gasteiger partial charge is 0.237 e. The van der Waals surface area contributed by atoms with Crippen LogP contribution < -0.4 is 11.1 Å². The molecule has 1 aliphatic rings. The van der Waals surface area contributed by atoms with Crippen molar-refractivity contribution in [3.05, 3.63) is 0 Å². The van der Waals surface area contributed by atoms with Crippen LogP contribution in [-0.4, -0.2) is 29.7 Å². The van der Waals surface area contributed by atoms with Crippen molar-refractivity contribution in [2.75, 3.05) is 6.54 Å². The van der Waals surface area contributed by atoms with E-state index in [0.29, 0.717) is 12.5 Å². The Kier molecular flexibility index (Phi) is 3.73. The average Bonchev–Trinajstić information content (AvgIpc) is 2.07. The van der Waals surface area contributed by atoms with Crippen LogP contribution in [0.4, 0.5) is 0 Å². The third-order valence-corrected chi connectivity index (χ3v) is 2.99. The molecule has 0 aromatic carbocycles. The standard InChI is InChI=1S/C11H22N2O2/c1-11(2,3)9(12)10(15)13-6-7-4-8(14)5-7/h7-9,14H,4-6,12H2,1-3H3,(H,13,15)/t7?,8?,9-/m0/s1. The molecule has 1 atom stereocenters. The lowest BCUT2D eigenvalue weighted by Crippen LogP contribution is -2.50. The Morgan fingerprint density at radius 2 is 2.07 bits per heavy atom. The Morgan fingerprint density at radius 3 is 2.47 bits per heavy atom. The minimum atomic E-state index is -0.470. The van der Waals surface area contributed by atoms with E-state index >= 15 is 0 Å². The zero-order valence-corrected chi connectivity index (χ0v) is 9.79. The van der Waals surface area contributed by atoms with E-state index in [-0.39, 0.29) is 17.4 Å². The summed E-state index contributed by atoms with van der Waals surface area (Å²) in [4.78, 5) is 11.6. The molecule has 15 heavy (non-hydrogen) atoms. The molecule has 0 aromatic heterocycles. The number of amides is 1. The molecule has 1 rings (SSSR count). The first-order valence-electron chi connectivity index (χ1n) is 5.52. The van der Waals surface area contributed by atoms with Crippen molar-refractivity contribution >= 4 is 5.91 Å². The molecule has 0 bridgehead atoms. The summed E-state index contributed by atoms with van der Waals surface area (Å²) < 4.78 is 0. The van der Waals surface area contributed by atoms with Crippen molar-refractivity contribution in [2.45, 2.75) is 45.8 Å². The van der Waals surface area contributed by atoms with Crippen LogP contribution in [0.2, 0.25) is 0 Å². The van der Waals surface area contributed by atoms with Gasteiger partial charge in [-0.2, -0.15) is 0 Å². The molecule has 1 saturated carbocycles. The summed E-state index contributed by atoms with van der Waals surface area (Å²) in [5, 5.41) is 11.9. The number of rotatable bonds is 3. The number of carbonyl (C=O) groups excluding carboxylic acids is 1. The lowest BCUT2D eigenvalue weighted by atomic mass is 9.82. The highest BCUT2D eigenvalue weighted by Gasteiger charge is 2.30. The van der Waals surface area contributed by atoms with E-state index < -0.39 is 6.04 Å². The molecule has 0 radical (unpaired) electrons. The van der Waals surface area contributed by atoms with Gasteiger partial charge in [0.1, 0.15) is 0 Å². The zero-order chi connectivity index (χ0) is 11.6. The fraction of sp³-hybridized carbons (Fsp3) is 0.909. The Labute approximate surface area is 91.2 Å². The normalized spacial score (nSPS) is 28.1. The minimum Gasteiger partial charge on any atom is -0.393 e. The van der Waals surface area contributed by atoms with Crippen molar-refractivity contribution in [1.29, 1.82) is 0 Å². The third kappa shape index (κ3) is 3.47. The molecule has 0 saturated heterocycles. The number of hydrogen-bond acceptors (Lipinski definition) is 3. The molecule has 4 heteroatoms. The van der Waals surface area contributed by atoms with Gasteiger partial charge in [-0.3, -0.25) is 4.79 Å². The Bertz CT molecular complexity index is 229. The lowest BCUT2D eigenvalue weighted by Gasteiger charge is -2.32. The maximum Gasteiger partial charge on any atom is 0.237 e. The summed E-state index contributed by atoms with van der Waals surface area (Å²) in [6, 6.07) is -0.470. The molecule has 88 valence electrons. The van der Waals surface area contributed by atoms with Gasteiger partial charge in [0.15, 0.2) is 0 Å². The van der Waals surface area contributed by atoms with Gasteiger partial charge in [-0.1, -0.05) is 20.8 Å². The van der Waals surface area contributed by atoms with Crippen LogP contribution >= 0.6 is 0 Å². The zero-order valence-electron chi connectivity index (χ0n) is 9.79. The summed E-state index contributed by atoms with van der Waals surface area (Å²) in [5.41, 5.74) is 5.60. The van der Waals surface area contributed by atoms with E-state index in [2.05, 4.69) is 5.32 Å². The van der Waals surface area contributed by atoms with E-state index in [4.69, 9.17) is 10.8 Å². The molecule has 4 nitrogen and oxygen atoms in total. The predicted molar refractivity (Wildman–Crippen MR) is 59.2 cm³/mol. The predicted octanol–water partition coefficient (Wildman–Crippen LogP) is 0.247.